The molecule has 31 heavy (non-hydrogen) atoms. The van der Waals surface area contributed by atoms with Gasteiger partial charge in [0.05, 0.1) is 0 Å². The van der Waals surface area contributed by atoms with Crippen LogP contribution in [0.5, 0.6) is 11.5 Å². The van der Waals surface area contributed by atoms with Crippen LogP contribution in [0.2, 0.25) is 5.02 Å². The Kier molecular flexibility index (Phi) is 6.34. The summed E-state index contributed by atoms with van der Waals surface area (Å²) >= 11 is 6.16. The van der Waals surface area contributed by atoms with Gasteiger partial charge in [-0.2, -0.15) is 0 Å². The molecule has 0 saturated carbocycles. The Balaban J connectivity index is 1.48. The first kappa shape index (κ1) is 20.7. The predicted molar refractivity (Wildman–Crippen MR) is 121 cm³/mol. The van der Waals surface area contributed by atoms with Gasteiger partial charge in [-0.15, -0.1) is 0 Å². The number of hydrogen-bond donors (Lipinski definition) is 0. The monoisotopic (exact) mass is 433 g/mol. The number of carbonyl (C=O) groups excluding carboxylic acids is 1. The number of rotatable bonds is 7. The summed E-state index contributed by atoms with van der Waals surface area (Å²) in [7, 11) is 0. The van der Waals surface area contributed by atoms with E-state index in [4.69, 9.17) is 25.8 Å². The van der Waals surface area contributed by atoms with Gasteiger partial charge in [-0.3, -0.25) is 0 Å². The minimum absolute atomic E-state index is 0.182. The lowest BCUT2D eigenvalue weighted by Crippen LogP contribution is -2.09. The molecule has 0 saturated heterocycles. The molecule has 1 heterocycles. The van der Waals surface area contributed by atoms with Crippen molar-refractivity contribution in [1.82, 2.24) is 0 Å². The highest BCUT2D eigenvalue weighted by molar-refractivity contribution is 6.30. The van der Waals surface area contributed by atoms with Crippen LogP contribution in [0.3, 0.4) is 0 Å². The first-order valence-electron chi connectivity index (χ1n) is 9.78. The summed E-state index contributed by atoms with van der Waals surface area (Å²) < 4.78 is 16.9. The number of carbonyl (C=O) groups is 1. The minimum atomic E-state index is -0.521. The van der Waals surface area contributed by atoms with Crippen LogP contribution in [0.25, 0.3) is 6.08 Å². The SMILES string of the molecule is Cc1cccc(OCCOc2ccc(Cl)cc2/C=C2/N=C(c3ccccc3)OC2=O)c1. The molecule has 1 aliphatic heterocycles. The maximum atomic E-state index is 12.3. The van der Waals surface area contributed by atoms with Crippen molar-refractivity contribution in [2.24, 2.45) is 4.99 Å². The Morgan fingerprint density at radius 1 is 0.968 bits per heavy atom. The molecule has 6 heteroatoms. The van der Waals surface area contributed by atoms with E-state index in [1.165, 1.54) is 0 Å². The van der Waals surface area contributed by atoms with E-state index in [-0.39, 0.29) is 11.6 Å². The number of cyclic esters (lactones) is 1. The quantitative estimate of drug-likeness (QED) is 0.282. The maximum Gasteiger partial charge on any atom is 0.363 e. The standard InChI is InChI=1S/C25H20ClNO4/c1-17-6-5-9-21(14-17)29-12-13-30-23-11-10-20(26)15-19(23)16-22-25(28)31-24(27-22)18-7-3-2-4-8-18/h2-11,14-16H,12-13H2,1H3/b22-16+. The lowest BCUT2D eigenvalue weighted by Gasteiger charge is -2.11. The maximum absolute atomic E-state index is 12.3. The Labute approximate surface area is 185 Å². The highest BCUT2D eigenvalue weighted by atomic mass is 35.5. The van der Waals surface area contributed by atoms with Crippen molar-refractivity contribution in [2.75, 3.05) is 13.2 Å². The Bertz CT molecular complexity index is 1160. The number of nitrogens with zero attached hydrogens (tertiary/aromatic N) is 1. The van der Waals surface area contributed by atoms with Crippen LogP contribution in [0.1, 0.15) is 16.7 Å². The van der Waals surface area contributed by atoms with Crippen molar-refractivity contribution in [1.29, 1.82) is 0 Å². The summed E-state index contributed by atoms with van der Waals surface area (Å²) in [6.45, 7) is 2.71. The number of halogens is 1. The van der Waals surface area contributed by atoms with Gasteiger partial charge in [0.25, 0.3) is 0 Å². The summed E-state index contributed by atoms with van der Waals surface area (Å²) in [6.07, 6.45) is 1.61. The third kappa shape index (κ3) is 5.32. The Hall–Kier alpha value is -3.57. The second kappa shape index (κ2) is 9.49. The van der Waals surface area contributed by atoms with Gasteiger partial charge in [-0.1, -0.05) is 41.9 Å². The molecule has 0 bridgehead atoms. The van der Waals surface area contributed by atoms with Crippen LogP contribution in [0.4, 0.5) is 0 Å². The number of benzene rings is 3. The summed E-state index contributed by atoms with van der Waals surface area (Å²) in [5.74, 6) is 1.11. The minimum Gasteiger partial charge on any atom is -0.490 e. The smallest absolute Gasteiger partial charge is 0.363 e. The van der Waals surface area contributed by atoms with E-state index in [0.29, 0.717) is 29.5 Å². The number of ether oxygens (including phenoxy) is 3. The molecule has 0 N–H and O–H groups in total. The molecule has 3 aromatic rings. The second-order valence-corrected chi connectivity index (χ2v) is 7.33. The van der Waals surface area contributed by atoms with Crippen LogP contribution < -0.4 is 9.47 Å². The van der Waals surface area contributed by atoms with Gasteiger partial charge < -0.3 is 14.2 Å². The molecule has 0 unspecified atom stereocenters. The van der Waals surface area contributed by atoms with Crippen molar-refractivity contribution in [2.45, 2.75) is 6.92 Å². The van der Waals surface area contributed by atoms with Crippen molar-refractivity contribution < 1.29 is 19.0 Å². The largest absolute Gasteiger partial charge is 0.490 e. The Morgan fingerprint density at radius 3 is 2.58 bits per heavy atom. The van der Waals surface area contributed by atoms with Crippen LogP contribution in [0.15, 0.2) is 83.5 Å². The van der Waals surface area contributed by atoms with Crippen molar-refractivity contribution in [3.05, 3.63) is 100 Å². The van der Waals surface area contributed by atoms with Crippen LogP contribution in [0, 0.1) is 6.92 Å². The normalized spacial score (nSPS) is 14.3. The highest BCUT2D eigenvalue weighted by Crippen LogP contribution is 2.27. The van der Waals surface area contributed by atoms with Gasteiger partial charge in [0.15, 0.2) is 5.70 Å². The summed E-state index contributed by atoms with van der Waals surface area (Å²) in [4.78, 5) is 16.6. The summed E-state index contributed by atoms with van der Waals surface area (Å²) in [5, 5.41) is 0.522. The molecule has 5 nitrogen and oxygen atoms in total. The van der Waals surface area contributed by atoms with E-state index in [0.717, 1.165) is 16.9 Å². The second-order valence-electron chi connectivity index (χ2n) is 6.90. The molecule has 0 radical (unpaired) electrons. The molecule has 4 rings (SSSR count). The van der Waals surface area contributed by atoms with E-state index in [9.17, 15) is 4.79 Å². The molecule has 156 valence electrons. The average Bonchev–Trinajstić information content (AvgIpc) is 3.13. The summed E-state index contributed by atoms with van der Waals surface area (Å²) in [6, 6.07) is 22.3. The first-order valence-corrected chi connectivity index (χ1v) is 10.2. The van der Waals surface area contributed by atoms with Gasteiger partial charge in [0.1, 0.15) is 24.7 Å². The van der Waals surface area contributed by atoms with Gasteiger partial charge in [0.2, 0.25) is 5.90 Å². The van der Waals surface area contributed by atoms with E-state index in [1.54, 1.807) is 24.3 Å². The van der Waals surface area contributed by atoms with Gasteiger partial charge >= 0.3 is 5.97 Å². The fourth-order valence-electron chi connectivity index (χ4n) is 3.04. The first-order chi connectivity index (χ1) is 15.1. The third-order valence-electron chi connectivity index (χ3n) is 4.50. The molecule has 0 fully saturated rings. The topological polar surface area (TPSA) is 57.1 Å². The van der Waals surface area contributed by atoms with E-state index in [1.807, 2.05) is 61.5 Å². The zero-order chi connectivity index (χ0) is 21.6. The van der Waals surface area contributed by atoms with E-state index in [2.05, 4.69) is 4.99 Å². The number of hydrogen-bond acceptors (Lipinski definition) is 5. The Morgan fingerprint density at radius 2 is 1.77 bits per heavy atom. The third-order valence-corrected chi connectivity index (χ3v) is 4.74. The van der Waals surface area contributed by atoms with Crippen LogP contribution in [-0.4, -0.2) is 25.1 Å². The molecule has 0 atom stereocenters. The molecule has 1 aliphatic rings. The lowest BCUT2D eigenvalue weighted by atomic mass is 10.1. The number of aryl methyl sites for hydroxylation is 1. The molecular formula is C25H20ClNO4. The van der Waals surface area contributed by atoms with Crippen molar-refractivity contribution in [3.8, 4) is 11.5 Å². The summed E-state index contributed by atoms with van der Waals surface area (Å²) in [5.41, 5.74) is 2.68. The van der Waals surface area contributed by atoms with Gasteiger partial charge in [-0.05, 0) is 61.0 Å². The predicted octanol–water partition coefficient (Wildman–Crippen LogP) is 5.45. The van der Waals surface area contributed by atoms with Crippen LogP contribution >= 0.6 is 11.6 Å². The van der Waals surface area contributed by atoms with Gasteiger partial charge in [-0.25, -0.2) is 9.79 Å². The molecule has 0 aromatic heterocycles. The van der Waals surface area contributed by atoms with E-state index < -0.39 is 5.97 Å². The van der Waals surface area contributed by atoms with Crippen molar-refractivity contribution >= 4 is 29.5 Å². The zero-order valence-corrected chi connectivity index (χ0v) is 17.6. The average molecular weight is 434 g/mol. The number of aliphatic imine (C=N–C) groups is 1. The molecule has 0 aliphatic carbocycles. The molecular weight excluding hydrogens is 414 g/mol. The molecule has 3 aromatic carbocycles. The fraction of sp³-hybridized carbons (Fsp3) is 0.120. The van der Waals surface area contributed by atoms with Crippen molar-refractivity contribution in [3.63, 3.8) is 0 Å². The molecule has 0 spiro atoms. The molecule has 0 amide bonds. The number of esters is 1. The zero-order valence-electron chi connectivity index (χ0n) is 16.9. The van der Waals surface area contributed by atoms with Gasteiger partial charge in [0, 0.05) is 16.1 Å². The fourth-order valence-corrected chi connectivity index (χ4v) is 3.22. The lowest BCUT2D eigenvalue weighted by molar-refractivity contribution is -0.129. The van der Waals surface area contributed by atoms with Crippen LogP contribution in [-0.2, 0) is 9.53 Å². The van der Waals surface area contributed by atoms with E-state index >= 15 is 0 Å². The highest BCUT2D eigenvalue weighted by Gasteiger charge is 2.24.